The Hall–Kier alpha value is -0.500. The van der Waals surface area contributed by atoms with Crippen molar-refractivity contribution in [3.63, 3.8) is 0 Å². The highest BCUT2D eigenvalue weighted by atomic mass is 35.5. The maximum Gasteiger partial charge on any atom is 0.277 e. The number of hydrogen-bond donors (Lipinski definition) is 2. The van der Waals surface area contributed by atoms with Gasteiger partial charge in [-0.25, -0.2) is 13.8 Å². The molecule has 0 unspecified atom stereocenters. The van der Waals surface area contributed by atoms with E-state index in [9.17, 15) is 13.6 Å². The largest absolute Gasteiger partial charge is 0.345 e. The van der Waals surface area contributed by atoms with Gasteiger partial charge in [0.2, 0.25) is 0 Å². The molecule has 0 saturated heterocycles. The third-order valence-electron chi connectivity index (χ3n) is 2.29. The van der Waals surface area contributed by atoms with Crippen LogP contribution in [0.1, 0.15) is 36.1 Å². The van der Waals surface area contributed by atoms with Gasteiger partial charge in [-0.15, -0.1) is 36.2 Å². The predicted molar refractivity (Wildman–Crippen MR) is 81.6 cm³/mol. The van der Waals surface area contributed by atoms with Gasteiger partial charge in [-0.3, -0.25) is 4.79 Å². The number of hydrogen-bond acceptors (Lipinski definition) is 4. The van der Waals surface area contributed by atoms with Crippen LogP contribution in [-0.4, -0.2) is 29.9 Å². The first-order valence-electron chi connectivity index (χ1n) is 5.47. The summed E-state index contributed by atoms with van der Waals surface area (Å²) < 4.78 is 25.9. The lowest BCUT2D eigenvalue weighted by Crippen LogP contribution is -2.41. The first kappa shape index (κ1) is 21.8. The van der Waals surface area contributed by atoms with Gasteiger partial charge in [-0.05, 0) is 0 Å². The highest BCUT2D eigenvalue weighted by molar-refractivity contribution is 7.11. The summed E-state index contributed by atoms with van der Waals surface area (Å²) in [7, 11) is 0. The van der Waals surface area contributed by atoms with Crippen molar-refractivity contribution in [3.8, 4) is 0 Å². The predicted octanol–water partition coefficient (Wildman–Crippen LogP) is 2.61. The molecule has 3 N–H and O–H groups in total. The minimum Gasteiger partial charge on any atom is -0.345 e. The lowest BCUT2D eigenvalue weighted by atomic mass is 9.91. The van der Waals surface area contributed by atoms with Crippen molar-refractivity contribution in [3.05, 3.63) is 16.1 Å². The molecule has 4 nitrogen and oxygen atoms in total. The lowest BCUT2D eigenvalue weighted by Gasteiger charge is -2.18. The number of nitrogens with zero attached hydrogens (tertiary/aromatic N) is 1. The fraction of sp³-hybridized carbons (Fsp3) is 0.636. The first-order chi connectivity index (χ1) is 8.17. The summed E-state index contributed by atoms with van der Waals surface area (Å²) in [5.41, 5.74) is 6.75. The van der Waals surface area contributed by atoms with Gasteiger partial charge in [0.05, 0.1) is 24.3 Å². The monoisotopic (exact) mass is 349 g/mol. The van der Waals surface area contributed by atoms with E-state index in [-0.39, 0.29) is 30.2 Å². The van der Waals surface area contributed by atoms with Gasteiger partial charge in [0.25, 0.3) is 11.8 Å². The molecule has 9 heteroatoms. The van der Waals surface area contributed by atoms with E-state index in [0.29, 0.717) is 10.6 Å². The van der Waals surface area contributed by atoms with Crippen molar-refractivity contribution in [1.82, 2.24) is 10.3 Å². The fourth-order valence-electron chi connectivity index (χ4n) is 1.30. The molecule has 0 spiro atoms. The Morgan fingerprint density at radius 2 is 1.95 bits per heavy atom. The molecule has 0 radical (unpaired) electrons. The number of alkyl halides is 2. The standard InChI is InChI=1S/C11H17F2N3OS.2ClH/c1-10(2,3)8-7(18-6-16-8)9(17)15-5-11(12,13)4-14;;/h6H,4-5,14H2,1-3H3,(H,15,17);2*1H. The number of rotatable bonds is 4. The second-order valence-corrected chi connectivity index (χ2v) is 5.88. The molecule has 1 aromatic rings. The van der Waals surface area contributed by atoms with E-state index < -0.39 is 24.9 Å². The molecule has 0 aromatic carbocycles. The van der Waals surface area contributed by atoms with Gasteiger partial charge in [0.1, 0.15) is 4.88 Å². The molecule has 0 aliphatic rings. The second-order valence-electron chi connectivity index (χ2n) is 5.02. The van der Waals surface area contributed by atoms with Gasteiger partial charge in [-0.1, -0.05) is 20.8 Å². The van der Waals surface area contributed by atoms with Gasteiger partial charge in [0, 0.05) is 5.41 Å². The summed E-state index contributed by atoms with van der Waals surface area (Å²) in [6.07, 6.45) is 0. The van der Waals surface area contributed by atoms with Crippen molar-refractivity contribution in [2.45, 2.75) is 32.1 Å². The van der Waals surface area contributed by atoms with Crippen molar-refractivity contribution in [1.29, 1.82) is 0 Å². The molecule has 1 amide bonds. The molecule has 20 heavy (non-hydrogen) atoms. The zero-order valence-electron chi connectivity index (χ0n) is 11.4. The molecule has 0 fully saturated rings. The molecule has 0 atom stereocenters. The van der Waals surface area contributed by atoms with Crippen LogP contribution in [0.3, 0.4) is 0 Å². The molecule has 118 valence electrons. The van der Waals surface area contributed by atoms with Crippen molar-refractivity contribution in [2.75, 3.05) is 13.1 Å². The number of thiazole rings is 1. The molecule has 0 aliphatic carbocycles. The van der Waals surface area contributed by atoms with Crippen LogP contribution in [0, 0.1) is 0 Å². The summed E-state index contributed by atoms with van der Waals surface area (Å²) >= 11 is 1.14. The minimum absolute atomic E-state index is 0. The Labute approximate surface area is 133 Å². The molecule has 1 rings (SSSR count). The molecular weight excluding hydrogens is 331 g/mol. The quantitative estimate of drug-likeness (QED) is 0.877. The highest BCUT2D eigenvalue weighted by Gasteiger charge is 2.29. The van der Waals surface area contributed by atoms with E-state index in [4.69, 9.17) is 5.73 Å². The lowest BCUT2D eigenvalue weighted by molar-refractivity contribution is 0.0119. The number of halogens is 4. The van der Waals surface area contributed by atoms with Gasteiger partial charge in [-0.2, -0.15) is 0 Å². The number of nitrogens with one attached hydrogen (secondary N) is 1. The van der Waals surface area contributed by atoms with Gasteiger partial charge >= 0.3 is 0 Å². The Bertz CT molecular complexity index is 436. The van der Waals surface area contributed by atoms with Crippen LogP contribution in [0.2, 0.25) is 0 Å². The normalized spacial score (nSPS) is 11.3. The van der Waals surface area contributed by atoms with Gasteiger partial charge < -0.3 is 11.1 Å². The molecule has 0 bridgehead atoms. The maximum atomic E-state index is 12.9. The smallest absolute Gasteiger partial charge is 0.277 e. The zero-order chi connectivity index (χ0) is 14.0. The summed E-state index contributed by atoms with van der Waals surface area (Å²) in [6, 6.07) is 0. The number of amides is 1. The van der Waals surface area contributed by atoms with E-state index in [1.165, 1.54) is 5.51 Å². The molecule has 0 saturated carbocycles. The number of nitrogens with two attached hydrogens (primary N) is 1. The van der Waals surface area contributed by atoms with Crippen LogP contribution in [0.15, 0.2) is 5.51 Å². The summed E-state index contributed by atoms with van der Waals surface area (Å²) in [4.78, 5) is 16.3. The van der Waals surface area contributed by atoms with E-state index in [1.807, 2.05) is 20.8 Å². The first-order valence-corrected chi connectivity index (χ1v) is 6.35. The van der Waals surface area contributed by atoms with Crippen LogP contribution < -0.4 is 11.1 Å². The molecular formula is C11H19Cl2F2N3OS. The Morgan fingerprint density at radius 3 is 2.40 bits per heavy atom. The summed E-state index contributed by atoms with van der Waals surface area (Å²) in [5.74, 6) is -3.61. The van der Waals surface area contributed by atoms with Crippen molar-refractivity contribution in [2.24, 2.45) is 5.73 Å². The van der Waals surface area contributed by atoms with Crippen LogP contribution >= 0.6 is 36.2 Å². The number of carbonyl (C=O) groups is 1. The van der Waals surface area contributed by atoms with Crippen LogP contribution in [0.25, 0.3) is 0 Å². The van der Waals surface area contributed by atoms with Crippen molar-refractivity contribution >= 4 is 42.1 Å². The molecule has 0 aliphatic heterocycles. The zero-order valence-corrected chi connectivity index (χ0v) is 13.9. The van der Waals surface area contributed by atoms with Crippen LogP contribution in [-0.2, 0) is 5.41 Å². The highest BCUT2D eigenvalue weighted by Crippen LogP contribution is 2.27. The third-order valence-corrected chi connectivity index (χ3v) is 3.12. The number of carbonyl (C=O) groups excluding carboxylic acids is 1. The second kappa shape index (κ2) is 8.07. The van der Waals surface area contributed by atoms with Crippen LogP contribution in [0.5, 0.6) is 0 Å². The Balaban J connectivity index is 0. The van der Waals surface area contributed by atoms with Crippen LogP contribution in [0.4, 0.5) is 8.78 Å². The third kappa shape index (κ3) is 5.87. The fourth-order valence-corrected chi connectivity index (χ4v) is 2.22. The average molecular weight is 350 g/mol. The number of aromatic nitrogens is 1. The minimum atomic E-state index is -3.08. The SMILES string of the molecule is CC(C)(C)c1ncsc1C(=O)NCC(F)(F)CN.Cl.Cl. The Morgan fingerprint density at radius 1 is 1.40 bits per heavy atom. The summed E-state index contributed by atoms with van der Waals surface area (Å²) in [5, 5.41) is 2.19. The van der Waals surface area contributed by atoms with Crippen molar-refractivity contribution < 1.29 is 13.6 Å². The molecule has 1 aromatic heterocycles. The average Bonchev–Trinajstić information content (AvgIpc) is 2.74. The van der Waals surface area contributed by atoms with Gasteiger partial charge in [0.15, 0.2) is 0 Å². The van der Waals surface area contributed by atoms with E-state index >= 15 is 0 Å². The Kier molecular flexibility index (Phi) is 8.79. The summed E-state index contributed by atoms with van der Waals surface area (Å²) in [6.45, 7) is 4.18. The topological polar surface area (TPSA) is 68.0 Å². The van der Waals surface area contributed by atoms with E-state index in [1.54, 1.807) is 0 Å². The maximum absolute atomic E-state index is 12.9. The van der Waals surface area contributed by atoms with E-state index in [0.717, 1.165) is 11.3 Å². The van der Waals surface area contributed by atoms with E-state index in [2.05, 4.69) is 10.3 Å². The molecule has 1 heterocycles.